The van der Waals surface area contributed by atoms with E-state index in [0.29, 0.717) is 18.1 Å². The van der Waals surface area contributed by atoms with Crippen molar-refractivity contribution >= 4 is 15.8 Å². The van der Waals surface area contributed by atoms with Crippen molar-refractivity contribution in [1.82, 2.24) is 10.6 Å². The van der Waals surface area contributed by atoms with E-state index in [0.717, 1.165) is 6.07 Å². The molecule has 26 heavy (non-hydrogen) atoms. The summed E-state index contributed by atoms with van der Waals surface area (Å²) in [5, 5.41) is 5.88. The van der Waals surface area contributed by atoms with Crippen molar-refractivity contribution in [3.8, 4) is 0 Å². The van der Waals surface area contributed by atoms with Crippen molar-refractivity contribution in [2.24, 2.45) is 4.99 Å². The monoisotopic (exact) mass is 381 g/mol. The molecule has 140 valence electrons. The smallest absolute Gasteiger partial charge is 0.191 e. The highest BCUT2D eigenvalue weighted by molar-refractivity contribution is 7.91. The molecule has 0 aliphatic rings. The molecule has 0 aromatic heterocycles. The molecular weight excluding hydrogens is 360 g/mol. The number of guanidine groups is 1. The number of rotatable bonds is 7. The molecule has 0 fully saturated rings. The van der Waals surface area contributed by atoms with Gasteiger partial charge in [0.15, 0.2) is 15.8 Å². The first kappa shape index (κ1) is 19.8. The molecule has 2 aromatic carbocycles. The number of halogens is 2. The number of sulfone groups is 1. The van der Waals surface area contributed by atoms with Crippen molar-refractivity contribution in [3.05, 3.63) is 65.7 Å². The van der Waals surface area contributed by atoms with Crippen LogP contribution in [0.3, 0.4) is 0 Å². The quantitative estimate of drug-likeness (QED) is 0.571. The summed E-state index contributed by atoms with van der Waals surface area (Å²) in [7, 11) is -3.74. The zero-order valence-electron chi connectivity index (χ0n) is 14.4. The molecule has 0 aliphatic carbocycles. The van der Waals surface area contributed by atoms with E-state index in [1.807, 2.05) is 6.92 Å². The topological polar surface area (TPSA) is 70.6 Å². The Morgan fingerprint density at radius 1 is 1.08 bits per heavy atom. The molecule has 0 aliphatic heterocycles. The zero-order chi connectivity index (χ0) is 19.0. The molecular formula is C18H21F2N3O2S. The van der Waals surface area contributed by atoms with Crippen LogP contribution in [-0.4, -0.2) is 33.2 Å². The summed E-state index contributed by atoms with van der Waals surface area (Å²) in [4.78, 5) is 3.98. The number of hydrogen-bond donors (Lipinski definition) is 2. The predicted molar refractivity (Wildman–Crippen MR) is 97.7 cm³/mol. The molecule has 5 nitrogen and oxygen atoms in total. The van der Waals surface area contributed by atoms with E-state index in [1.54, 1.807) is 12.1 Å². The van der Waals surface area contributed by atoms with Gasteiger partial charge in [-0.2, -0.15) is 0 Å². The summed E-state index contributed by atoms with van der Waals surface area (Å²) in [5.74, 6) is -0.982. The first-order valence-electron chi connectivity index (χ1n) is 8.16. The fourth-order valence-electron chi connectivity index (χ4n) is 2.26. The van der Waals surface area contributed by atoms with Crippen LogP contribution in [0, 0.1) is 11.6 Å². The van der Waals surface area contributed by atoms with Gasteiger partial charge in [0.25, 0.3) is 0 Å². The van der Waals surface area contributed by atoms with E-state index < -0.39 is 15.7 Å². The van der Waals surface area contributed by atoms with Crippen LogP contribution < -0.4 is 10.6 Å². The van der Waals surface area contributed by atoms with Gasteiger partial charge in [0.1, 0.15) is 16.5 Å². The lowest BCUT2D eigenvalue weighted by molar-refractivity contribution is 0.566. The number of benzene rings is 2. The summed E-state index contributed by atoms with van der Waals surface area (Å²) in [6.45, 7) is 2.75. The fourth-order valence-corrected chi connectivity index (χ4v) is 3.50. The van der Waals surface area contributed by atoms with Crippen LogP contribution in [-0.2, 0) is 16.4 Å². The largest absolute Gasteiger partial charge is 0.357 e. The highest BCUT2D eigenvalue weighted by Gasteiger charge is 2.18. The number of nitrogens with one attached hydrogen (secondary N) is 2. The van der Waals surface area contributed by atoms with Crippen LogP contribution in [0.25, 0.3) is 0 Å². The van der Waals surface area contributed by atoms with Crippen LogP contribution >= 0.6 is 0 Å². The molecule has 0 saturated carbocycles. The van der Waals surface area contributed by atoms with Crippen molar-refractivity contribution in [2.75, 3.05) is 18.8 Å². The van der Waals surface area contributed by atoms with Gasteiger partial charge in [0, 0.05) is 13.1 Å². The lowest BCUT2D eigenvalue weighted by Crippen LogP contribution is -2.39. The van der Waals surface area contributed by atoms with E-state index in [-0.39, 0.29) is 29.6 Å². The Morgan fingerprint density at radius 2 is 1.85 bits per heavy atom. The van der Waals surface area contributed by atoms with E-state index in [2.05, 4.69) is 15.6 Å². The summed E-state index contributed by atoms with van der Waals surface area (Å²) in [6, 6.07) is 11.4. The van der Waals surface area contributed by atoms with Gasteiger partial charge in [0.05, 0.1) is 12.3 Å². The maximum atomic E-state index is 13.7. The number of aliphatic imine (C=N–C) groups is 1. The summed E-state index contributed by atoms with van der Waals surface area (Å²) in [5.41, 5.74) is 0.696. The molecule has 0 bridgehead atoms. The van der Waals surface area contributed by atoms with Gasteiger partial charge in [-0.1, -0.05) is 24.3 Å². The molecule has 2 aromatic rings. The Hall–Kier alpha value is -2.48. The van der Waals surface area contributed by atoms with Crippen LogP contribution in [0.5, 0.6) is 0 Å². The summed E-state index contributed by atoms with van der Waals surface area (Å²) in [6.07, 6.45) is 0. The van der Waals surface area contributed by atoms with Gasteiger partial charge < -0.3 is 10.6 Å². The maximum Gasteiger partial charge on any atom is 0.191 e. The fraction of sp³-hybridized carbons (Fsp3) is 0.278. The van der Waals surface area contributed by atoms with Gasteiger partial charge >= 0.3 is 0 Å². The average molecular weight is 381 g/mol. The molecule has 0 unspecified atom stereocenters. The molecule has 2 N–H and O–H groups in total. The second-order valence-electron chi connectivity index (χ2n) is 5.50. The zero-order valence-corrected chi connectivity index (χ0v) is 15.2. The van der Waals surface area contributed by atoms with E-state index in [1.165, 1.54) is 30.3 Å². The minimum Gasteiger partial charge on any atom is -0.357 e. The Labute approximate surface area is 152 Å². The molecule has 2 rings (SSSR count). The minimum absolute atomic E-state index is 0.0612. The van der Waals surface area contributed by atoms with Crippen LogP contribution in [0.1, 0.15) is 12.5 Å². The highest BCUT2D eigenvalue weighted by Crippen LogP contribution is 2.14. The first-order chi connectivity index (χ1) is 12.4. The van der Waals surface area contributed by atoms with Crippen molar-refractivity contribution in [1.29, 1.82) is 0 Å². The maximum absolute atomic E-state index is 13.7. The van der Waals surface area contributed by atoms with Gasteiger partial charge in [-0.25, -0.2) is 22.2 Å². The summed E-state index contributed by atoms with van der Waals surface area (Å²) >= 11 is 0. The first-order valence-corrected chi connectivity index (χ1v) is 9.81. The van der Waals surface area contributed by atoms with Crippen molar-refractivity contribution in [3.63, 3.8) is 0 Å². The second kappa shape index (κ2) is 9.28. The summed E-state index contributed by atoms with van der Waals surface area (Å²) < 4.78 is 51.3. The van der Waals surface area contributed by atoms with Crippen LogP contribution in [0.15, 0.2) is 58.4 Å². The standard InChI is InChI=1S/C18H21F2N3O2S/c1-2-21-18(23-13-14-6-5-7-15(19)12-14)22-10-11-26(24,25)17-9-4-3-8-16(17)20/h3-9,12H,2,10-11,13H2,1H3,(H2,21,22,23). The highest BCUT2D eigenvalue weighted by atomic mass is 32.2. The van der Waals surface area contributed by atoms with E-state index >= 15 is 0 Å². The number of nitrogens with zero attached hydrogens (tertiary/aromatic N) is 1. The third-order valence-corrected chi connectivity index (χ3v) is 5.23. The van der Waals surface area contributed by atoms with Crippen LogP contribution in [0.2, 0.25) is 0 Å². The van der Waals surface area contributed by atoms with Gasteiger partial charge in [-0.15, -0.1) is 0 Å². The van der Waals surface area contributed by atoms with Gasteiger partial charge in [-0.05, 0) is 36.8 Å². The molecule has 0 radical (unpaired) electrons. The molecule has 0 atom stereocenters. The average Bonchev–Trinajstić information content (AvgIpc) is 2.60. The third kappa shape index (κ3) is 5.80. The molecule has 0 heterocycles. The van der Waals surface area contributed by atoms with Gasteiger partial charge in [-0.3, -0.25) is 0 Å². The van der Waals surface area contributed by atoms with E-state index in [4.69, 9.17) is 0 Å². The van der Waals surface area contributed by atoms with E-state index in [9.17, 15) is 17.2 Å². The molecule has 0 saturated heterocycles. The normalized spacial score (nSPS) is 12.0. The number of hydrogen-bond acceptors (Lipinski definition) is 3. The lowest BCUT2D eigenvalue weighted by Gasteiger charge is -2.12. The predicted octanol–water partition coefficient (Wildman–Crippen LogP) is 2.49. The molecule has 0 spiro atoms. The third-order valence-electron chi connectivity index (χ3n) is 3.49. The van der Waals surface area contributed by atoms with Crippen LogP contribution in [0.4, 0.5) is 8.78 Å². The van der Waals surface area contributed by atoms with Gasteiger partial charge in [0.2, 0.25) is 0 Å². The Balaban J connectivity index is 1.98. The molecule has 8 heteroatoms. The Bertz CT molecular complexity index is 870. The minimum atomic E-state index is -3.74. The molecule has 0 amide bonds. The lowest BCUT2D eigenvalue weighted by atomic mass is 10.2. The Kier molecular flexibility index (Phi) is 7.08. The van der Waals surface area contributed by atoms with Crippen molar-refractivity contribution in [2.45, 2.75) is 18.4 Å². The second-order valence-corrected chi connectivity index (χ2v) is 7.58. The Morgan fingerprint density at radius 3 is 2.54 bits per heavy atom. The van der Waals surface area contributed by atoms with Crippen molar-refractivity contribution < 1.29 is 17.2 Å². The SMILES string of the molecule is CCNC(=NCc1cccc(F)c1)NCCS(=O)(=O)c1ccccc1F.